The number of ether oxygens (including phenoxy) is 1. The summed E-state index contributed by atoms with van der Waals surface area (Å²) in [6.07, 6.45) is 0.971. The molecule has 1 aromatic heterocycles. The van der Waals surface area contributed by atoms with Crippen molar-refractivity contribution in [2.24, 2.45) is 10.7 Å². The zero-order chi connectivity index (χ0) is 17.9. The molecule has 25 heavy (non-hydrogen) atoms. The van der Waals surface area contributed by atoms with Gasteiger partial charge >= 0.3 is 0 Å². The first-order chi connectivity index (χ1) is 12.2. The average Bonchev–Trinajstić information content (AvgIpc) is 3.12. The largest absolute Gasteiger partial charge is 0.484 e. The average molecular weight is 360 g/mol. The molecule has 0 spiro atoms. The summed E-state index contributed by atoms with van der Waals surface area (Å²) in [5, 5.41) is 8.66. The Kier molecular flexibility index (Phi) is 7.78. The Morgan fingerprint density at radius 1 is 1.28 bits per heavy atom. The van der Waals surface area contributed by atoms with Crippen LogP contribution in [-0.2, 0) is 17.8 Å². The predicted octanol–water partition coefficient (Wildman–Crippen LogP) is 1.91. The topological polar surface area (TPSA) is 88.7 Å². The molecule has 2 rings (SSSR count). The van der Waals surface area contributed by atoms with Gasteiger partial charge in [-0.25, -0.2) is 4.99 Å². The molecule has 0 bridgehead atoms. The minimum atomic E-state index is -0.493. The summed E-state index contributed by atoms with van der Waals surface area (Å²) in [4.78, 5) is 16.7. The molecule has 2 aromatic rings. The van der Waals surface area contributed by atoms with Gasteiger partial charge in [-0.05, 0) is 42.5 Å². The molecule has 6 nitrogen and oxygen atoms in total. The highest BCUT2D eigenvalue weighted by atomic mass is 32.1. The Morgan fingerprint density at radius 3 is 2.88 bits per heavy atom. The maximum atomic E-state index is 10.8. The van der Waals surface area contributed by atoms with Gasteiger partial charge in [-0.3, -0.25) is 4.79 Å². The van der Waals surface area contributed by atoms with E-state index in [1.807, 2.05) is 25.1 Å². The molecular formula is C18H24N4O2S. The fraction of sp³-hybridized carbons (Fsp3) is 0.333. The van der Waals surface area contributed by atoms with Crippen molar-refractivity contribution in [3.63, 3.8) is 0 Å². The van der Waals surface area contributed by atoms with Crippen molar-refractivity contribution >= 4 is 23.2 Å². The fourth-order valence-corrected chi connectivity index (χ4v) is 2.87. The smallest absolute Gasteiger partial charge is 0.255 e. The summed E-state index contributed by atoms with van der Waals surface area (Å²) in [5.74, 6) is 0.900. The number of aliphatic imine (C=N–C) groups is 1. The number of carbonyl (C=O) groups excluding carboxylic acids is 1. The van der Waals surface area contributed by atoms with Crippen molar-refractivity contribution in [3.8, 4) is 5.75 Å². The number of amides is 1. The summed E-state index contributed by atoms with van der Waals surface area (Å²) in [5.41, 5.74) is 6.09. The molecule has 0 unspecified atom stereocenters. The van der Waals surface area contributed by atoms with E-state index < -0.39 is 5.91 Å². The number of nitrogens with two attached hydrogens (primary N) is 1. The molecule has 1 aromatic carbocycles. The number of benzene rings is 1. The van der Waals surface area contributed by atoms with Gasteiger partial charge < -0.3 is 21.1 Å². The molecule has 1 amide bonds. The molecule has 0 aliphatic rings. The molecular weight excluding hydrogens is 336 g/mol. The summed E-state index contributed by atoms with van der Waals surface area (Å²) < 4.78 is 5.32. The molecule has 0 saturated carbocycles. The SMILES string of the molecule is CCNC(=NCc1cccc(OCC(N)=O)c1)NCCc1cccs1. The molecule has 4 N–H and O–H groups in total. The quantitative estimate of drug-likeness (QED) is 0.471. The van der Waals surface area contributed by atoms with Crippen LogP contribution < -0.4 is 21.1 Å². The lowest BCUT2D eigenvalue weighted by atomic mass is 10.2. The van der Waals surface area contributed by atoms with Gasteiger partial charge in [0, 0.05) is 18.0 Å². The number of nitrogens with zero attached hydrogens (tertiary/aromatic N) is 1. The second-order valence-electron chi connectivity index (χ2n) is 5.35. The van der Waals surface area contributed by atoms with Crippen LogP contribution >= 0.6 is 11.3 Å². The second-order valence-corrected chi connectivity index (χ2v) is 6.39. The van der Waals surface area contributed by atoms with Crippen LogP contribution in [0.1, 0.15) is 17.4 Å². The third kappa shape index (κ3) is 7.26. The Labute approximate surface area is 152 Å². The van der Waals surface area contributed by atoms with E-state index in [-0.39, 0.29) is 6.61 Å². The zero-order valence-corrected chi connectivity index (χ0v) is 15.1. The predicted molar refractivity (Wildman–Crippen MR) is 102 cm³/mol. The van der Waals surface area contributed by atoms with Gasteiger partial charge in [-0.2, -0.15) is 0 Å². The maximum Gasteiger partial charge on any atom is 0.255 e. The van der Waals surface area contributed by atoms with Gasteiger partial charge in [0.15, 0.2) is 12.6 Å². The Balaban J connectivity index is 1.88. The van der Waals surface area contributed by atoms with Crippen molar-refractivity contribution in [1.29, 1.82) is 0 Å². The minimum Gasteiger partial charge on any atom is -0.484 e. The number of hydrogen-bond donors (Lipinski definition) is 3. The first-order valence-electron chi connectivity index (χ1n) is 8.22. The third-order valence-electron chi connectivity index (χ3n) is 3.29. The molecule has 0 fully saturated rings. The van der Waals surface area contributed by atoms with E-state index in [1.165, 1.54) is 4.88 Å². The summed E-state index contributed by atoms with van der Waals surface area (Å²) in [7, 11) is 0. The van der Waals surface area contributed by atoms with Crippen LogP contribution in [-0.4, -0.2) is 31.6 Å². The lowest BCUT2D eigenvalue weighted by Gasteiger charge is -2.11. The van der Waals surface area contributed by atoms with Gasteiger partial charge in [-0.15, -0.1) is 11.3 Å². The van der Waals surface area contributed by atoms with E-state index in [2.05, 4.69) is 33.1 Å². The minimum absolute atomic E-state index is 0.125. The zero-order valence-electron chi connectivity index (χ0n) is 14.3. The van der Waals surface area contributed by atoms with Crippen LogP contribution in [0.3, 0.4) is 0 Å². The highest BCUT2D eigenvalue weighted by Gasteiger charge is 2.01. The van der Waals surface area contributed by atoms with Crippen LogP contribution in [0, 0.1) is 0 Å². The molecule has 0 radical (unpaired) electrons. The number of thiophene rings is 1. The normalized spacial score (nSPS) is 11.2. The van der Waals surface area contributed by atoms with E-state index in [9.17, 15) is 4.79 Å². The van der Waals surface area contributed by atoms with Crippen LogP contribution in [0.25, 0.3) is 0 Å². The van der Waals surface area contributed by atoms with Gasteiger partial charge in [0.05, 0.1) is 6.54 Å². The Hall–Kier alpha value is -2.54. The first-order valence-corrected chi connectivity index (χ1v) is 9.10. The summed E-state index contributed by atoms with van der Waals surface area (Å²) in [6.45, 7) is 4.05. The van der Waals surface area contributed by atoms with Crippen molar-refractivity contribution in [2.75, 3.05) is 19.7 Å². The second kappa shape index (κ2) is 10.4. The van der Waals surface area contributed by atoms with Gasteiger partial charge in [0.25, 0.3) is 5.91 Å². The molecule has 0 saturated heterocycles. The maximum absolute atomic E-state index is 10.8. The molecule has 7 heteroatoms. The third-order valence-corrected chi connectivity index (χ3v) is 4.22. The highest BCUT2D eigenvalue weighted by Crippen LogP contribution is 2.14. The first kappa shape index (κ1) is 18.8. The number of nitrogens with one attached hydrogen (secondary N) is 2. The van der Waals surface area contributed by atoms with E-state index in [0.29, 0.717) is 12.3 Å². The molecule has 1 heterocycles. The molecule has 0 aliphatic heterocycles. The Morgan fingerprint density at radius 2 is 2.16 bits per heavy atom. The number of primary amides is 1. The van der Waals surface area contributed by atoms with Gasteiger partial charge in [0.1, 0.15) is 5.75 Å². The lowest BCUT2D eigenvalue weighted by molar-refractivity contribution is -0.119. The molecule has 0 atom stereocenters. The van der Waals surface area contributed by atoms with Crippen molar-refractivity contribution in [2.45, 2.75) is 19.9 Å². The fourth-order valence-electron chi connectivity index (χ4n) is 2.16. The lowest BCUT2D eigenvalue weighted by Crippen LogP contribution is -2.38. The Bertz CT molecular complexity index is 686. The van der Waals surface area contributed by atoms with E-state index in [0.717, 1.165) is 31.0 Å². The van der Waals surface area contributed by atoms with E-state index >= 15 is 0 Å². The van der Waals surface area contributed by atoms with Crippen LogP contribution in [0.2, 0.25) is 0 Å². The van der Waals surface area contributed by atoms with E-state index in [1.54, 1.807) is 17.4 Å². The van der Waals surface area contributed by atoms with Crippen LogP contribution in [0.15, 0.2) is 46.8 Å². The van der Waals surface area contributed by atoms with Crippen molar-refractivity contribution in [1.82, 2.24) is 10.6 Å². The van der Waals surface area contributed by atoms with Gasteiger partial charge in [-0.1, -0.05) is 18.2 Å². The number of hydrogen-bond acceptors (Lipinski definition) is 4. The number of rotatable bonds is 9. The highest BCUT2D eigenvalue weighted by molar-refractivity contribution is 7.09. The summed E-state index contributed by atoms with van der Waals surface area (Å²) in [6, 6.07) is 11.7. The van der Waals surface area contributed by atoms with Crippen LogP contribution in [0.4, 0.5) is 0 Å². The van der Waals surface area contributed by atoms with Crippen molar-refractivity contribution in [3.05, 3.63) is 52.2 Å². The molecule has 134 valence electrons. The molecule has 0 aliphatic carbocycles. The summed E-state index contributed by atoms with van der Waals surface area (Å²) >= 11 is 1.76. The van der Waals surface area contributed by atoms with Gasteiger partial charge in [0.2, 0.25) is 0 Å². The number of carbonyl (C=O) groups is 1. The standard InChI is InChI=1S/C18H24N4O2S/c1-2-20-18(21-9-8-16-7-4-10-25-16)22-12-14-5-3-6-15(11-14)24-13-17(19)23/h3-7,10-11H,2,8-9,12-13H2,1H3,(H2,19,23)(H2,20,21,22). The van der Waals surface area contributed by atoms with E-state index in [4.69, 9.17) is 10.5 Å². The van der Waals surface area contributed by atoms with Crippen molar-refractivity contribution < 1.29 is 9.53 Å². The monoisotopic (exact) mass is 360 g/mol. The van der Waals surface area contributed by atoms with Crippen LogP contribution in [0.5, 0.6) is 5.75 Å². The number of guanidine groups is 1.